The first kappa shape index (κ1) is 14.8. The lowest BCUT2D eigenvalue weighted by Crippen LogP contribution is -2.21. The summed E-state index contributed by atoms with van der Waals surface area (Å²) in [5, 5.41) is 0. The molecule has 1 rings (SSSR count). The maximum absolute atomic E-state index is 5.52. The molecule has 0 amide bonds. The average Bonchev–Trinajstić information content (AvgIpc) is 2.37. The fourth-order valence-electron chi connectivity index (χ4n) is 1.97. The van der Waals surface area contributed by atoms with E-state index in [0.717, 1.165) is 48.7 Å². The minimum Gasteiger partial charge on any atom is -0.496 e. The third-order valence-corrected chi connectivity index (χ3v) is 2.98. The van der Waals surface area contributed by atoms with Crippen molar-refractivity contribution in [1.29, 1.82) is 0 Å². The lowest BCUT2D eigenvalue weighted by atomic mass is 10.1. The van der Waals surface area contributed by atoms with Crippen LogP contribution < -0.4 is 15.2 Å². The van der Waals surface area contributed by atoms with Crippen LogP contribution in [0.1, 0.15) is 17.5 Å². The summed E-state index contributed by atoms with van der Waals surface area (Å²) in [6, 6.07) is 4.07. The van der Waals surface area contributed by atoms with Gasteiger partial charge in [0, 0.05) is 12.1 Å². The molecule has 0 aliphatic carbocycles. The van der Waals surface area contributed by atoms with E-state index in [1.807, 2.05) is 19.1 Å². The average molecular weight is 252 g/mol. The topological polar surface area (TPSA) is 47.7 Å². The van der Waals surface area contributed by atoms with Gasteiger partial charge in [0.25, 0.3) is 0 Å². The Morgan fingerprint density at radius 3 is 2.39 bits per heavy atom. The van der Waals surface area contributed by atoms with Crippen molar-refractivity contribution in [2.75, 3.05) is 34.4 Å². The van der Waals surface area contributed by atoms with Crippen LogP contribution in [0.25, 0.3) is 0 Å². The highest BCUT2D eigenvalue weighted by atomic mass is 16.5. The van der Waals surface area contributed by atoms with Gasteiger partial charge in [-0.1, -0.05) is 0 Å². The lowest BCUT2D eigenvalue weighted by molar-refractivity contribution is 0.313. The molecule has 0 spiro atoms. The first-order valence-electron chi connectivity index (χ1n) is 6.22. The van der Waals surface area contributed by atoms with Crippen LogP contribution in [0.5, 0.6) is 11.5 Å². The van der Waals surface area contributed by atoms with Gasteiger partial charge >= 0.3 is 0 Å². The predicted octanol–water partition coefficient (Wildman–Crippen LogP) is 1.79. The van der Waals surface area contributed by atoms with Gasteiger partial charge in [-0.15, -0.1) is 0 Å². The van der Waals surface area contributed by atoms with Crippen LogP contribution in [-0.4, -0.2) is 39.3 Å². The van der Waals surface area contributed by atoms with Gasteiger partial charge in [0.05, 0.1) is 14.2 Å². The minimum absolute atomic E-state index is 0.721. The molecule has 0 fully saturated rings. The minimum atomic E-state index is 0.721. The van der Waals surface area contributed by atoms with Crippen molar-refractivity contribution in [3.63, 3.8) is 0 Å². The Labute approximate surface area is 110 Å². The number of ether oxygens (including phenoxy) is 2. The first-order chi connectivity index (χ1) is 8.62. The Morgan fingerprint density at radius 2 is 1.83 bits per heavy atom. The van der Waals surface area contributed by atoms with Crippen LogP contribution in [0, 0.1) is 6.92 Å². The molecule has 1 aromatic rings. The van der Waals surface area contributed by atoms with Crippen molar-refractivity contribution in [2.24, 2.45) is 5.73 Å². The molecule has 0 radical (unpaired) electrons. The third-order valence-electron chi connectivity index (χ3n) is 2.98. The van der Waals surface area contributed by atoms with E-state index < -0.39 is 0 Å². The van der Waals surface area contributed by atoms with Crippen LogP contribution in [-0.2, 0) is 6.54 Å². The van der Waals surface area contributed by atoms with Gasteiger partial charge in [0.1, 0.15) is 11.5 Å². The number of nitrogens with zero attached hydrogens (tertiary/aromatic N) is 1. The first-order valence-corrected chi connectivity index (χ1v) is 6.22. The largest absolute Gasteiger partial charge is 0.496 e. The van der Waals surface area contributed by atoms with Gasteiger partial charge in [-0.05, 0) is 51.2 Å². The van der Waals surface area contributed by atoms with Gasteiger partial charge in [-0.25, -0.2) is 0 Å². The second-order valence-corrected chi connectivity index (χ2v) is 4.51. The van der Waals surface area contributed by atoms with Crippen molar-refractivity contribution in [3.05, 3.63) is 23.3 Å². The highest BCUT2D eigenvalue weighted by Gasteiger charge is 2.10. The summed E-state index contributed by atoms with van der Waals surface area (Å²) < 4.78 is 10.8. The molecule has 4 nitrogen and oxygen atoms in total. The van der Waals surface area contributed by atoms with E-state index in [4.69, 9.17) is 15.2 Å². The number of benzene rings is 1. The van der Waals surface area contributed by atoms with Crippen molar-refractivity contribution < 1.29 is 9.47 Å². The summed E-state index contributed by atoms with van der Waals surface area (Å²) in [6.45, 7) is 4.55. The van der Waals surface area contributed by atoms with Crippen molar-refractivity contribution in [2.45, 2.75) is 19.9 Å². The van der Waals surface area contributed by atoms with E-state index in [2.05, 4.69) is 11.9 Å². The second kappa shape index (κ2) is 7.24. The van der Waals surface area contributed by atoms with Gasteiger partial charge in [-0.3, -0.25) is 0 Å². The smallest absolute Gasteiger partial charge is 0.123 e. The van der Waals surface area contributed by atoms with E-state index in [9.17, 15) is 0 Å². The normalized spacial score (nSPS) is 10.8. The molecular formula is C14H24N2O2. The fraction of sp³-hybridized carbons (Fsp3) is 0.571. The van der Waals surface area contributed by atoms with E-state index in [0.29, 0.717) is 0 Å². The molecule has 0 saturated carbocycles. The SMILES string of the molecule is COc1cc(CN(C)CCCN)c(OC)cc1C. The zero-order valence-electron chi connectivity index (χ0n) is 11.8. The van der Waals surface area contributed by atoms with E-state index in [1.165, 1.54) is 0 Å². The molecular weight excluding hydrogens is 228 g/mol. The summed E-state index contributed by atoms with van der Waals surface area (Å²) in [5.41, 5.74) is 7.74. The molecule has 0 saturated heterocycles. The zero-order valence-corrected chi connectivity index (χ0v) is 11.8. The molecule has 4 heteroatoms. The molecule has 1 aromatic carbocycles. The molecule has 0 unspecified atom stereocenters. The Bertz CT molecular complexity index is 380. The summed E-state index contributed by atoms with van der Waals surface area (Å²) in [7, 11) is 5.47. The molecule has 0 aliphatic rings. The third kappa shape index (κ3) is 3.89. The van der Waals surface area contributed by atoms with Crippen molar-refractivity contribution in [3.8, 4) is 11.5 Å². The quantitative estimate of drug-likeness (QED) is 0.804. The Kier molecular flexibility index (Phi) is 5.95. The second-order valence-electron chi connectivity index (χ2n) is 4.51. The summed E-state index contributed by atoms with van der Waals surface area (Å²) in [5.74, 6) is 1.81. The van der Waals surface area contributed by atoms with Gasteiger partial charge in [-0.2, -0.15) is 0 Å². The Balaban J connectivity index is 2.85. The monoisotopic (exact) mass is 252 g/mol. The zero-order chi connectivity index (χ0) is 13.5. The molecule has 0 heterocycles. The van der Waals surface area contributed by atoms with Crippen LogP contribution >= 0.6 is 0 Å². The van der Waals surface area contributed by atoms with E-state index in [1.54, 1.807) is 14.2 Å². The predicted molar refractivity (Wildman–Crippen MR) is 74.3 cm³/mol. The summed E-state index contributed by atoms with van der Waals surface area (Å²) in [6.07, 6.45) is 1.00. The molecule has 0 aliphatic heterocycles. The maximum atomic E-state index is 5.52. The van der Waals surface area contributed by atoms with Crippen LogP contribution in [0.4, 0.5) is 0 Å². The lowest BCUT2D eigenvalue weighted by Gasteiger charge is -2.19. The number of rotatable bonds is 7. The highest BCUT2D eigenvalue weighted by molar-refractivity contribution is 5.45. The van der Waals surface area contributed by atoms with Gasteiger partial charge in [0.2, 0.25) is 0 Å². The van der Waals surface area contributed by atoms with Crippen LogP contribution in [0.15, 0.2) is 12.1 Å². The van der Waals surface area contributed by atoms with E-state index >= 15 is 0 Å². The number of nitrogens with two attached hydrogens (primary N) is 1. The molecule has 18 heavy (non-hydrogen) atoms. The van der Waals surface area contributed by atoms with E-state index in [-0.39, 0.29) is 0 Å². The summed E-state index contributed by atoms with van der Waals surface area (Å²) >= 11 is 0. The summed E-state index contributed by atoms with van der Waals surface area (Å²) in [4.78, 5) is 2.24. The maximum Gasteiger partial charge on any atom is 0.123 e. The number of hydrogen-bond donors (Lipinski definition) is 1. The van der Waals surface area contributed by atoms with Gasteiger partial charge < -0.3 is 20.1 Å². The number of hydrogen-bond acceptors (Lipinski definition) is 4. The van der Waals surface area contributed by atoms with Crippen LogP contribution in [0.2, 0.25) is 0 Å². The Morgan fingerprint density at radius 1 is 1.17 bits per heavy atom. The number of aryl methyl sites for hydroxylation is 1. The Hall–Kier alpha value is -1.26. The van der Waals surface area contributed by atoms with Crippen LogP contribution in [0.3, 0.4) is 0 Å². The van der Waals surface area contributed by atoms with Gasteiger partial charge in [0.15, 0.2) is 0 Å². The fourth-order valence-corrected chi connectivity index (χ4v) is 1.97. The molecule has 0 aromatic heterocycles. The molecule has 2 N–H and O–H groups in total. The van der Waals surface area contributed by atoms with Crippen molar-refractivity contribution in [1.82, 2.24) is 4.90 Å². The highest BCUT2D eigenvalue weighted by Crippen LogP contribution is 2.28. The molecule has 102 valence electrons. The van der Waals surface area contributed by atoms with Crippen molar-refractivity contribution >= 4 is 0 Å². The molecule has 0 atom stereocenters. The molecule has 0 bridgehead atoms. The standard InChI is InChI=1S/C14H24N2O2/c1-11-8-14(18-4)12(9-13(11)17-3)10-16(2)7-5-6-15/h8-9H,5-7,10,15H2,1-4H3. The number of methoxy groups -OCH3 is 2.